The van der Waals surface area contributed by atoms with Gasteiger partial charge in [-0.15, -0.1) is 0 Å². The van der Waals surface area contributed by atoms with E-state index in [4.69, 9.17) is 0 Å². The molecule has 2 heteroatoms. The van der Waals surface area contributed by atoms with Crippen molar-refractivity contribution in [3.05, 3.63) is 112 Å². The van der Waals surface area contributed by atoms with Crippen molar-refractivity contribution in [1.82, 2.24) is 0 Å². The third-order valence-electron chi connectivity index (χ3n) is 5.27. The molecule has 0 saturated carbocycles. The molecule has 4 rings (SSSR count). The number of hydrogen-bond donors (Lipinski definition) is 0. The Morgan fingerprint density at radius 1 is 0.714 bits per heavy atom. The Hall–Kier alpha value is -3.26. The van der Waals surface area contributed by atoms with Crippen LogP contribution in [0.15, 0.2) is 106 Å². The van der Waals surface area contributed by atoms with Gasteiger partial charge in [-0.05, 0) is 84.4 Å². The van der Waals surface area contributed by atoms with Crippen molar-refractivity contribution in [2.24, 2.45) is 0 Å². The molecule has 28 heavy (non-hydrogen) atoms. The van der Waals surface area contributed by atoms with E-state index in [1.54, 1.807) is 0 Å². The van der Waals surface area contributed by atoms with Crippen LogP contribution >= 0.6 is 0 Å². The van der Waals surface area contributed by atoms with Crippen LogP contribution in [0.4, 0.5) is 0 Å². The molecule has 0 saturated heterocycles. The monoisotopic (exact) mass is 366 g/mol. The third kappa shape index (κ3) is 3.34. The molecule has 0 fully saturated rings. The standard InChI is InChI=1S/C26H22O2/c1-17-13-21(14-18(2)25(17)27)22-15-23(19-9-5-3-6-10-19)26(28)24(16-22)20-11-7-4-8-12-20/h3,5-7,9-16H,4,8H2,1-2H3. The first kappa shape index (κ1) is 18.1. The highest BCUT2D eigenvalue weighted by Gasteiger charge is 2.25. The minimum Gasteiger partial charge on any atom is -0.289 e. The normalized spacial score (nSPS) is 19.7. The van der Waals surface area contributed by atoms with Crippen LogP contribution in [-0.4, -0.2) is 11.6 Å². The number of ketones is 2. The molecule has 138 valence electrons. The summed E-state index contributed by atoms with van der Waals surface area (Å²) in [5.74, 6) is 0.118. The minimum absolute atomic E-state index is 0.0432. The van der Waals surface area contributed by atoms with Crippen LogP contribution in [-0.2, 0) is 9.59 Å². The van der Waals surface area contributed by atoms with E-state index >= 15 is 0 Å². The van der Waals surface area contributed by atoms with Crippen molar-refractivity contribution in [3.8, 4) is 0 Å². The maximum atomic E-state index is 13.3. The molecule has 0 unspecified atom stereocenters. The molecule has 3 aliphatic carbocycles. The maximum absolute atomic E-state index is 13.3. The third-order valence-corrected chi connectivity index (χ3v) is 5.27. The second kappa shape index (κ2) is 7.40. The van der Waals surface area contributed by atoms with Crippen LogP contribution in [0.1, 0.15) is 32.3 Å². The molecular formula is C26H22O2. The van der Waals surface area contributed by atoms with E-state index in [9.17, 15) is 9.59 Å². The van der Waals surface area contributed by atoms with Crippen molar-refractivity contribution in [2.75, 3.05) is 0 Å². The Morgan fingerprint density at radius 2 is 1.36 bits per heavy atom. The predicted octanol–water partition coefficient (Wildman–Crippen LogP) is 5.63. The molecule has 0 heterocycles. The average molecular weight is 366 g/mol. The quantitative estimate of drug-likeness (QED) is 0.680. The van der Waals surface area contributed by atoms with Gasteiger partial charge in [0.2, 0.25) is 0 Å². The highest BCUT2D eigenvalue weighted by molar-refractivity contribution is 6.32. The molecule has 0 spiro atoms. The van der Waals surface area contributed by atoms with Gasteiger partial charge in [0.05, 0.1) is 0 Å². The largest absolute Gasteiger partial charge is 0.289 e. The van der Waals surface area contributed by atoms with Gasteiger partial charge in [-0.2, -0.15) is 0 Å². The fourth-order valence-corrected chi connectivity index (χ4v) is 3.77. The molecule has 2 nitrogen and oxygen atoms in total. The van der Waals surface area contributed by atoms with Crippen molar-refractivity contribution >= 4 is 17.1 Å². The summed E-state index contributed by atoms with van der Waals surface area (Å²) in [7, 11) is 0. The Bertz CT molecular complexity index is 1060. The Morgan fingerprint density at radius 3 is 2.00 bits per heavy atom. The van der Waals surface area contributed by atoms with Crippen LogP contribution < -0.4 is 0 Å². The van der Waals surface area contributed by atoms with Crippen LogP contribution in [0.3, 0.4) is 0 Å². The number of carbonyl (C=O) groups is 2. The molecule has 0 N–H and O–H groups in total. The molecule has 1 aromatic rings. The molecule has 0 aliphatic heterocycles. The smallest absolute Gasteiger partial charge is 0.194 e. The van der Waals surface area contributed by atoms with Gasteiger partial charge >= 0.3 is 0 Å². The molecule has 1 aromatic carbocycles. The lowest BCUT2D eigenvalue weighted by atomic mass is 9.82. The number of hydrogen-bond acceptors (Lipinski definition) is 2. The molecule has 3 aliphatic rings. The fraction of sp³-hybridized carbons (Fsp3) is 0.154. The highest BCUT2D eigenvalue weighted by Crippen LogP contribution is 2.34. The first-order chi connectivity index (χ1) is 13.5. The maximum Gasteiger partial charge on any atom is 0.194 e. The number of Topliss-reactive ketones (excluding diaryl/α,β-unsaturated/α-hetero) is 2. The van der Waals surface area contributed by atoms with Gasteiger partial charge < -0.3 is 0 Å². The Kier molecular flexibility index (Phi) is 4.79. The second-order valence-corrected chi connectivity index (χ2v) is 7.34. The first-order valence-corrected chi connectivity index (χ1v) is 9.61. The van der Waals surface area contributed by atoms with E-state index in [1.807, 2.05) is 74.6 Å². The van der Waals surface area contributed by atoms with Crippen LogP contribution in [0, 0.1) is 0 Å². The summed E-state index contributed by atoms with van der Waals surface area (Å²) in [4.78, 5) is 25.5. The lowest BCUT2D eigenvalue weighted by Crippen LogP contribution is -2.13. The zero-order valence-corrected chi connectivity index (χ0v) is 16.2. The average Bonchev–Trinajstić information content (AvgIpc) is 2.73. The lowest BCUT2D eigenvalue weighted by Gasteiger charge is -2.20. The van der Waals surface area contributed by atoms with Crippen LogP contribution in [0.25, 0.3) is 5.57 Å². The molecule has 0 radical (unpaired) electrons. The van der Waals surface area contributed by atoms with Crippen LogP contribution in [0.2, 0.25) is 0 Å². The van der Waals surface area contributed by atoms with Gasteiger partial charge in [0.1, 0.15) is 0 Å². The van der Waals surface area contributed by atoms with E-state index in [1.165, 1.54) is 0 Å². The summed E-state index contributed by atoms with van der Waals surface area (Å²) in [5.41, 5.74) is 6.66. The summed E-state index contributed by atoms with van der Waals surface area (Å²) in [6.07, 6.45) is 16.0. The summed E-state index contributed by atoms with van der Waals surface area (Å²) < 4.78 is 0. The topological polar surface area (TPSA) is 34.1 Å². The molecule has 0 amide bonds. The zero-order valence-electron chi connectivity index (χ0n) is 16.2. The Balaban J connectivity index is 1.92. The minimum atomic E-state index is 0.0432. The number of benzene rings is 1. The molecule has 0 bridgehead atoms. The van der Waals surface area contributed by atoms with Gasteiger partial charge in [0.15, 0.2) is 11.6 Å². The van der Waals surface area contributed by atoms with Gasteiger partial charge in [-0.1, -0.05) is 48.6 Å². The lowest BCUT2D eigenvalue weighted by molar-refractivity contribution is -0.112. The summed E-state index contributed by atoms with van der Waals surface area (Å²) in [6, 6.07) is 9.77. The molecular weight excluding hydrogens is 344 g/mol. The molecule has 0 aromatic heterocycles. The van der Waals surface area contributed by atoms with Crippen molar-refractivity contribution in [3.63, 3.8) is 0 Å². The van der Waals surface area contributed by atoms with Crippen molar-refractivity contribution in [1.29, 1.82) is 0 Å². The predicted molar refractivity (Wildman–Crippen MR) is 114 cm³/mol. The van der Waals surface area contributed by atoms with Gasteiger partial charge in [-0.25, -0.2) is 0 Å². The van der Waals surface area contributed by atoms with Gasteiger partial charge in [0.25, 0.3) is 0 Å². The van der Waals surface area contributed by atoms with Gasteiger partial charge in [-0.3, -0.25) is 9.59 Å². The summed E-state index contributed by atoms with van der Waals surface area (Å²) in [6.45, 7) is 3.68. The van der Waals surface area contributed by atoms with Crippen molar-refractivity contribution < 1.29 is 9.59 Å². The number of allylic oxidation sites excluding steroid dienone is 14. The summed E-state index contributed by atoms with van der Waals surface area (Å²) in [5, 5.41) is 0. The van der Waals surface area contributed by atoms with E-state index in [0.29, 0.717) is 11.1 Å². The van der Waals surface area contributed by atoms with E-state index in [2.05, 4.69) is 12.2 Å². The highest BCUT2D eigenvalue weighted by atomic mass is 16.1. The summed E-state index contributed by atoms with van der Waals surface area (Å²) >= 11 is 0. The van der Waals surface area contributed by atoms with E-state index < -0.39 is 0 Å². The van der Waals surface area contributed by atoms with Crippen LogP contribution in [0.5, 0.6) is 0 Å². The number of carbonyl (C=O) groups excluding carboxylic acids is 2. The first-order valence-electron chi connectivity index (χ1n) is 9.61. The SMILES string of the molecule is CC1=CC(=C2C=C(C3=CCCC=C3)C(=O)C(c3ccccc3)=C2)C=C(C)C1=O. The second-order valence-electron chi connectivity index (χ2n) is 7.34. The fourth-order valence-electron chi connectivity index (χ4n) is 3.77. The van der Waals surface area contributed by atoms with E-state index in [-0.39, 0.29) is 11.6 Å². The molecule has 0 atom stereocenters. The number of rotatable bonds is 2. The van der Waals surface area contributed by atoms with Gasteiger partial charge in [0, 0.05) is 11.1 Å². The van der Waals surface area contributed by atoms with E-state index in [0.717, 1.165) is 46.3 Å². The zero-order chi connectivity index (χ0) is 19.7. The van der Waals surface area contributed by atoms with Crippen molar-refractivity contribution in [2.45, 2.75) is 26.7 Å². The Labute approximate surface area is 165 Å².